The van der Waals surface area contributed by atoms with Crippen LogP contribution in [-0.4, -0.2) is 18.1 Å². The van der Waals surface area contributed by atoms with Crippen LogP contribution in [0.15, 0.2) is 29.6 Å². The predicted molar refractivity (Wildman–Crippen MR) is 80.1 cm³/mol. The molecule has 0 saturated carbocycles. The molecule has 0 aliphatic carbocycles. The van der Waals surface area contributed by atoms with Crippen molar-refractivity contribution in [3.63, 3.8) is 0 Å². The summed E-state index contributed by atoms with van der Waals surface area (Å²) in [7, 11) is 0. The second-order valence-electron chi connectivity index (χ2n) is 4.25. The molecule has 0 spiro atoms. The zero-order valence-electron chi connectivity index (χ0n) is 10.2. The highest BCUT2D eigenvalue weighted by Gasteiger charge is 2.16. The molecule has 0 unspecified atom stereocenters. The molecule has 1 aliphatic rings. The van der Waals surface area contributed by atoms with E-state index < -0.39 is 0 Å². The molecule has 0 bridgehead atoms. The van der Waals surface area contributed by atoms with Crippen molar-refractivity contribution < 1.29 is 0 Å². The van der Waals surface area contributed by atoms with Crippen LogP contribution in [0.25, 0.3) is 0 Å². The average molecular weight is 282 g/mol. The van der Waals surface area contributed by atoms with Gasteiger partial charge in [0.2, 0.25) is 0 Å². The summed E-state index contributed by atoms with van der Waals surface area (Å²) < 4.78 is 0. The molecule has 2 aromatic rings. The van der Waals surface area contributed by atoms with Gasteiger partial charge in [-0.15, -0.1) is 23.7 Å². The highest BCUT2D eigenvalue weighted by molar-refractivity contribution is 7.09. The molecule has 0 fully saturated rings. The van der Waals surface area contributed by atoms with Crippen LogP contribution in [0.5, 0.6) is 0 Å². The molecular formula is C13H16ClN3S. The van der Waals surface area contributed by atoms with E-state index in [0.717, 1.165) is 25.3 Å². The van der Waals surface area contributed by atoms with Crippen LogP contribution in [0, 0.1) is 6.92 Å². The minimum Gasteiger partial charge on any atom is -0.382 e. The number of thiazole rings is 1. The zero-order valence-corrected chi connectivity index (χ0v) is 11.9. The van der Waals surface area contributed by atoms with Crippen LogP contribution < -0.4 is 10.2 Å². The third kappa shape index (κ3) is 2.60. The predicted octanol–water partition coefficient (Wildman–Crippen LogP) is 3.31. The van der Waals surface area contributed by atoms with Crippen molar-refractivity contribution in [3.8, 4) is 0 Å². The normalized spacial score (nSPS) is 13.5. The van der Waals surface area contributed by atoms with Crippen LogP contribution in [0.2, 0.25) is 0 Å². The highest BCUT2D eigenvalue weighted by Crippen LogP contribution is 2.29. The Labute approximate surface area is 117 Å². The van der Waals surface area contributed by atoms with Crippen molar-refractivity contribution in [1.82, 2.24) is 4.98 Å². The van der Waals surface area contributed by atoms with Crippen molar-refractivity contribution in [2.24, 2.45) is 0 Å². The number of hydrogen-bond donors (Lipinski definition) is 1. The lowest BCUT2D eigenvalue weighted by atomic mass is 10.2. The Bertz CT molecular complexity index is 526. The van der Waals surface area contributed by atoms with Gasteiger partial charge in [0.25, 0.3) is 0 Å². The minimum absolute atomic E-state index is 0. The topological polar surface area (TPSA) is 28.2 Å². The van der Waals surface area contributed by atoms with Gasteiger partial charge in [-0.1, -0.05) is 12.1 Å². The summed E-state index contributed by atoms with van der Waals surface area (Å²) in [5, 5.41) is 6.73. The SMILES string of the molecule is Cc1csc(CN2CCNc3ccccc32)n1.Cl. The van der Waals surface area contributed by atoms with E-state index in [-0.39, 0.29) is 12.4 Å². The highest BCUT2D eigenvalue weighted by atomic mass is 35.5. The second kappa shape index (κ2) is 5.59. The first-order valence-corrected chi connectivity index (χ1v) is 6.70. The molecule has 0 radical (unpaired) electrons. The first kappa shape index (κ1) is 13.2. The van der Waals surface area contributed by atoms with Crippen molar-refractivity contribution >= 4 is 35.1 Å². The van der Waals surface area contributed by atoms with E-state index in [1.54, 1.807) is 11.3 Å². The van der Waals surface area contributed by atoms with Gasteiger partial charge in [0.15, 0.2) is 0 Å². The summed E-state index contributed by atoms with van der Waals surface area (Å²) in [5.41, 5.74) is 3.63. The number of aryl methyl sites for hydroxylation is 1. The molecule has 5 heteroatoms. The van der Waals surface area contributed by atoms with Gasteiger partial charge in [0, 0.05) is 24.2 Å². The van der Waals surface area contributed by atoms with Crippen LogP contribution in [0.3, 0.4) is 0 Å². The summed E-state index contributed by atoms with van der Waals surface area (Å²) in [6.45, 7) is 5.00. The summed E-state index contributed by atoms with van der Waals surface area (Å²) >= 11 is 1.74. The molecule has 0 saturated heterocycles. The van der Waals surface area contributed by atoms with Crippen molar-refractivity contribution in [2.75, 3.05) is 23.3 Å². The maximum Gasteiger partial charge on any atom is 0.112 e. The van der Waals surface area contributed by atoms with Gasteiger partial charge in [0.05, 0.1) is 17.9 Å². The maximum absolute atomic E-state index is 4.53. The molecule has 0 atom stereocenters. The molecule has 3 rings (SSSR count). The third-order valence-corrected chi connectivity index (χ3v) is 3.89. The first-order valence-electron chi connectivity index (χ1n) is 5.82. The summed E-state index contributed by atoms with van der Waals surface area (Å²) in [6.07, 6.45) is 0. The van der Waals surface area contributed by atoms with Gasteiger partial charge in [-0.3, -0.25) is 0 Å². The number of para-hydroxylation sites is 2. The third-order valence-electron chi connectivity index (χ3n) is 2.93. The van der Waals surface area contributed by atoms with Gasteiger partial charge in [-0.05, 0) is 19.1 Å². The fraction of sp³-hybridized carbons (Fsp3) is 0.308. The van der Waals surface area contributed by atoms with E-state index in [9.17, 15) is 0 Å². The maximum atomic E-state index is 4.53. The van der Waals surface area contributed by atoms with E-state index in [1.807, 2.05) is 6.92 Å². The second-order valence-corrected chi connectivity index (χ2v) is 5.19. The Morgan fingerprint density at radius 2 is 2.22 bits per heavy atom. The molecule has 96 valence electrons. The van der Waals surface area contributed by atoms with E-state index in [4.69, 9.17) is 0 Å². The summed E-state index contributed by atoms with van der Waals surface area (Å²) in [6, 6.07) is 8.46. The van der Waals surface area contributed by atoms with E-state index in [2.05, 4.69) is 44.8 Å². The average Bonchev–Trinajstić information content (AvgIpc) is 2.75. The van der Waals surface area contributed by atoms with Crippen molar-refractivity contribution in [1.29, 1.82) is 0 Å². The number of rotatable bonds is 2. The van der Waals surface area contributed by atoms with E-state index >= 15 is 0 Å². The molecule has 2 heterocycles. The Balaban J connectivity index is 0.00000120. The standard InChI is InChI=1S/C13H15N3S.ClH/c1-10-9-17-13(15-10)8-16-7-6-14-11-4-2-3-5-12(11)16;/h2-5,9,14H,6-8H2,1H3;1H. The van der Waals surface area contributed by atoms with Crippen molar-refractivity contribution in [3.05, 3.63) is 40.3 Å². The van der Waals surface area contributed by atoms with Crippen molar-refractivity contribution in [2.45, 2.75) is 13.5 Å². The lowest BCUT2D eigenvalue weighted by molar-refractivity contribution is 0.781. The Kier molecular flexibility index (Phi) is 4.09. The number of anilines is 2. The zero-order chi connectivity index (χ0) is 11.7. The fourth-order valence-corrected chi connectivity index (χ4v) is 2.93. The Morgan fingerprint density at radius 1 is 1.39 bits per heavy atom. The van der Waals surface area contributed by atoms with Gasteiger partial charge >= 0.3 is 0 Å². The van der Waals surface area contributed by atoms with Gasteiger partial charge in [-0.25, -0.2) is 4.98 Å². The first-order chi connectivity index (χ1) is 8.33. The number of fused-ring (bicyclic) bond motifs is 1. The van der Waals surface area contributed by atoms with Crippen LogP contribution in [0.1, 0.15) is 10.7 Å². The molecule has 1 aromatic heterocycles. The Morgan fingerprint density at radius 3 is 3.00 bits per heavy atom. The smallest absolute Gasteiger partial charge is 0.112 e. The Hall–Kier alpha value is -1.26. The van der Waals surface area contributed by atoms with Gasteiger partial charge in [0.1, 0.15) is 5.01 Å². The molecule has 1 N–H and O–H groups in total. The largest absolute Gasteiger partial charge is 0.382 e. The lowest BCUT2D eigenvalue weighted by Crippen LogP contribution is -2.33. The number of halogens is 1. The lowest BCUT2D eigenvalue weighted by Gasteiger charge is -2.31. The molecule has 0 amide bonds. The number of hydrogen-bond acceptors (Lipinski definition) is 4. The van der Waals surface area contributed by atoms with Gasteiger partial charge < -0.3 is 10.2 Å². The number of nitrogens with one attached hydrogen (secondary N) is 1. The minimum atomic E-state index is 0. The quantitative estimate of drug-likeness (QED) is 0.915. The molecular weight excluding hydrogens is 266 g/mol. The summed E-state index contributed by atoms with van der Waals surface area (Å²) in [4.78, 5) is 6.93. The number of nitrogens with zero attached hydrogens (tertiary/aromatic N) is 2. The number of benzene rings is 1. The monoisotopic (exact) mass is 281 g/mol. The molecule has 18 heavy (non-hydrogen) atoms. The van der Waals surface area contributed by atoms with Gasteiger partial charge in [-0.2, -0.15) is 0 Å². The molecule has 1 aliphatic heterocycles. The fourth-order valence-electron chi connectivity index (χ4n) is 2.15. The van der Waals surface area contributed by atoms with Crippen LogP contribution in [0.4, 0.5) is 11.4 Å². The molecule has 1 aromatic carbocycles. The number of aromatic nitrogens is 1. The summed E-state index contributed by atoms with van der Waals surface area (Å²) in [5.74, 6) is 0. The van der Waals surface area contributed by atoms with E-state index in [0.29, 0.717) is 0 Å². The van der Waals surface area contributed by atoms with Crippen LogP contribution >= 0.6 is 23.7 Å². The molecule has 3 nitrogen and oxygen atoms in total. The van der Waals surface area contributed by atoms with Crippen LogP contribution in [-0.2, 0) is 6.54 Å². The van der Waals surface area contributed by atoms with E-state index in [1.165, 1.54) is 16.4 Å².